The van der Waals surface area contributed by atoms with E-state index in [2.05, 4.69) is 15.6 Å². The van der Waals surface area contributed by atoms with Crippen LogP contribution in [0.15, 0.2) is 4.99 Å². The van der Waals surface area contributed by atoms with Crippen LogP contribution in [-0.2, 0) is 14.4 Å². The molecule has 0 aromatic carbocycles. The van der Waals surface area contributed by atoms with Gasteiger partial charge in [0.1, 0.15) is 0 Å². The predicted octanol–water partition coefficient (Wildman–Crippen LogP) is -0.172. The molecule has 0 saturated heterocycles. The molecule has 2 amide bonds. The van der Waals surface area contributed by atoms with Gasteiger partial charge in [-0.25, -0.2) is 4.99 Å². The Morgan fingerprint density at radius 1 is 1.19 bits per heavy atom. The van der Waals surface area contributed by atoms with Gasteiger partial charge in [0.15, 0.2) is 5.96 Å². The third-order valence-corrected chi connectivity index (χ3v) is 5.01. The molecule has 0 aromatic heterocycles. The van der Waals surface area contributed by atoms with Crippen molar-refractivity contribution in [2.24, 2.45) is 28.5 Å². The van der Waals surface area contributed by atoms with E-state index in [1.165, 1.54) is 13.8 Å². The van der Waals surface area contributed by atoms with Gasteiger partial charge in [0.05, 0.1) is 18.1 Å². The lowest BCUT2D eigenvalue weighted by Crippen LogP contribution is -2.51. The van der Waals surface area contributed by atoms with Gasteiger partial charge < -0.3 is 21.3 Å². The minimum Gasteiger partial charge on any atom is -0.481 e. The summed E-state index contributed by atoms with van der Waals surface area (Å²) in [5.74, 6) is -3.48. The number of carboxylic acid groups (broad SMARTS) is 1. The third kappa shape index (κ3) is 5.42. The fraction of sp³-hybridized carbons (Fsp3) is 0.765. The fourth-order valence-electron chi connectivity index (χ4n) is 3.84. The van der Waals surface area contributed by atoms with Crippen molar-refractivity contribution >= 4 is 23.7 Å². The maximum absolute atomic E-state index is 11.7. The van der Waals surface area contributed by atoms with E-state index in [9.17, 15) is 24.6 Å². The number of carboxylic acids is 1. The second-order valence-corrected chi connectivity index (χ2v) is 6.81. The number of guanidine groups is 1. The Labute approximate surface area is 153 Å². The van der Waals surface area contributed by atoms with Gasteiger partial charge in [-0.05, 0) is 12.3 Å². The van der Waals surface area contributed by atoms with Crippen LogP contribution in [0.2, 0.25) is 0 Å². The molecule has 1 rings (SSSR count). The average Bonchev–Trinajstić information content (AvgIpc) is 2.82. The minimum absolute atomic E-state index is 0.0470. The van der Waals surface area contributed by atoms with Crippen molar-refractivity contribution in [3.63, 3.8) is 0 Å². The Kier molecular flexibility index (Phi) is 8.01. The lowest BCUT2D eigenvalue weighted by Gasteiger charge is -2.35. The Morgan fingerprint density at radius 2 is 1.77 bits per heavy atom. The molecule has 26 heavy (non-hydrogen) atoms. The van der Waals surface area contributed by atoms with Gasteiger partial charge in [-0.15, -0.1) is 0 Å². The molecule has 1 aliphatic rings. The number of aliphatic imine (C=N–C) groups is 1. The van der Waals surface area contributed by atoms with Gasteiger partial charge in [0.25, 0.3) is 0 Å². The second kappa shape index (κ2) is 9.51. The van der Waals surface area contributed by atoms with Crippen LogP contribution in [0, 0.1) is 17.8 Å². The zero-order chi connectivity index (χ0) is 20.0. The number of nitrogens with zero attached hydrogens (tertiary/aromatic N) is 1. The lowest BCUT2D eigenvalue weighted by atomic mass is 9.80. The Balaban J connectivity index is 3.28. The number of amides is 2. The largest absolute Gasteiger partial charge is 0.481 e. The van der Waals surface area contributed by atoms with Gasteiger partial charge >= 0.3 is 5.97 Å². The number of hydrogen-bond donors (Lipinski definition) is 5. The first-order valence-electron chi connectivity index (χ1n) is 8.91. The lowest BCUT2D eigenvalue weighted by molar-refractivity contribution is -0.145. The number of carbonyl (C=O) groups excluding carboxylic acids is 2. The summed E-state index contributed by atoms with van der Waals surface area (Å²) < 4.78 is 0. The number of nitrogens with two attached hydrogens (primary N) is 1. The van der Waals surface area contributed by atoms with Gasteiger partial charge in [0, 0.05) is 25.8 Å². The van der Waals surface area contributed by atoms with Crippen LogP contribution in [0.3, 0.4) is 0 Å². The highest BCUT2D eigenvalue weighted by atomic mass is 16.4. The van der Waals surface area contributed by atoms with Crippen molar-refractivity contribution in [2.75, 3.05) is 0 Å². The molecular weight excluding hydrogens is 340 g/mol. The summed E-state index contributed by atoms with van der Waals surface area (Å²) in [5, 5.41) is 25.3. The SMILES string of the molecule is CCC(CC)[C@H](NC(C)=O)[C@@H]1[C@H](O)[C@@H](C(=O)O)C[C@H]1N=C(N)NC(C)=O. The number of hydrogen-bond acceptors (Lipinski definition) is 5. The van der Waals surface area contributed by atoms with Crippen molar-refractivity contribution < 1.29 is 24.6 Å². The Bertz CT molecular complexity index is 561. The van der Waals surface area contributed by atoms with E-state index < -0.39 is 41.9 Å². The highest BCUT2D eigenvalue weighted by Crippen LogP contribution is 2.39. The molecule has 1 saturated carbocycles. The summed E-state index contributed by atoms with van der Waals surface area (Å²) in [6.45, 7) is 6.62. The summed E-state index contributed by atoms with van der Waals surface area (Å²) in [5.41, 5.74) is 5.73. The van der Waals surface area contributed by atoms with Gasteiger partial charge in [-0.3, -0.25) is 19.7 Å². The Morgan fingerprint density at radius 3 is 2.19 bits per heavy atom. The zero-order valence-corrected chi connectivity index (χ0v) is 15.7. The number of nitrogens with one attached hydrogen (secondary N) is 2. The van der Waals surface area contributed by atoms with E-state index in [-0.39, 0.29) is 24.2 Å². The van der Waals surface area contributed by atoms with E-state index in [1.807, 2.05) is 13.8 Å². The molecule has 0 bridgehead atoms. The number of carbonyl (C=O) groups is 3. The molecular formula is C17H30N4O5. The van der Waals surface area contributed by atoms with E-state index in [0.29, 0.717) is 0 Å². The van der Waals surface area contributed by atoms with Crippen molar-refractivity contribution in [2.45, 2.75) is 65.1 Å². The first kappa shape index (κ1) is 21.9. The molecule has 1 fully saturated rings. The van der Waals surface area contributed by atoms with Crippen LogP contribution >= 0.6 is 0 Å². The monoisotopic (exact) mass is 370 g/mol. The highest BCUT2D eigenvalue weighted by Gasteiger charge is 2.50. The van der Waals surface area contributed by atoms with Crippen molar-refractivity contribution in [1.29, 1.82) is 0 Å². The van der Waals surface area contributed by atoms with Gasteiger partial charge in [-0.2, -0.15) is 0 Å². The van der Waals surface area contributed by atoms with Crippen molar-refractivity contribution in [3.8, 4) is 0 Å². The molecule has 0 heterocycles. The quantitative estimate of drug-likeness (QED) is 0.310. The summed E-state index contributed by atoms with van der Waals surface area (Å²) in [6, 6.07) is -1.07. The maximum atomic E-state index is 11.7. The smallest absolute Gasteiger partial charge is 0.309 e. The molecule has 6 N–H and O–H groups in total. The van der Waals surface area contributed by atoms with E-state index in [0.717, 1.165) is 12.8 Å². The standard InChI is InChI=1S/C17H30N4O5/c1-5-10(6-2)14(19-8(3)22)13-12(21-17(18)20-9(4)23)7-11(15(13)24)16(25)26/h10-15,24H,5-7H2,1-4H3,(H,19,22)(H,25,26)(H3,18,20,21,23)/t11-,12+,13+,14-,15+/m0/s1. The third-order valence-electron chi connectivity index (χ3n) is 5.01. The van der Waals surface area contributed by atoms with Crippen LogP contribution in [0.25, 0.3) is 0 Å². The summed E-state index contributed by atoms with van der Waals surface area (Å²) in [6.07, 6.45) is 0.404. The Hall–Kier alpha value is -2.16. The topological polar surface area (TPSA) is 154 Å². The fourth-order valence-corrected chi connectivity index (χ4v) is 3.84. The molecule has 1 aliphatic carbocycles. The number of rotatable bonds is 7. The van der Waals surface area contributed by atoms with E-state index in [4.69, 9.17) is 5.73 Å². The van der Waals surface area contributed by atoms with E-state index >= 15 is 0 Å². The molecule has 148 valence electrons. The van der Waals surface area contributed by atoms with Crippen molar-refractivity contribution in [3.05, 3.63) is 0 Å². The normalized spacial score (nSPS) is 27.2. The van der Waals surface area contributed by atoms with Crippen LogP contribution in [-0.4, -0.2) is 52.1 Å². The van der Waals surface area contributed by atoms with Gasteiger partial charge in [0.2, 0.25) is 11.8 Å². The first-order chi connectivity index (χ1) is 12.1. The number of aliphatic hydroxyl groups is 1. The van der Waals surface area contributed by atoms with Crippen molar-refractivity contribution in [1.82, 2.24) is 10.6 Å². The van der Waals surface area contributed by atoms with Crippen LogP contribution < -0.4 is 16.4 Å². The summed E-state index contributed by atoms with van der Waals surface area (Å²) in [7, 11) is 0. The molecule has 0 radical (unpaired) electrons. The predicted molar refractivity (Wildman–Crippen MR) is 96.1 cm³/mol. The molecule has 0 aliphatic heterocycles. The second-order valence-electron chi connectivity index (χ2n) is 6.81. The highest BCUT2D eigenvalue weighted by molar-refractivity contribution is 5.95. The van der Waals surface area contributed by atoms with Crippen LogP contribution in [0.1, 0.15) is 47.0 Å². The average molecular weight is 370 g/mol. The number of aliphatic hydroxyl groups excluding tert-OH is 1. The molecule has 5 atom stereocenters. The molecule has 9 heteroatoms. The van der Waals surface area contributed by atoms with Crippen LogP contribution in [0.4, 0.5) is 0 Å². The van der Waals surface area contributed by atoms with Gasteiger partial charge in [-0.1, -0.05) is 26.7 Å². The van der Waals surface area contributed by atoms with E-state index in [1.54, 1.807) is 0 Å². The minimum atomic E-state index is -1.18. The molecule has 0 spiro atoms. The molecule has 0 aromatic rings. The zero-order valence-electron chi connectivity index (χ0n) is 15.7. The molecule has 0 unspecified atom stereocenters. The summed E-state index contributed by atoms with van der Waals surface area (Å²) in [4.78, 5) is 38.6. The maximum Gasteiger partial charge on any atom is 0.309 e. The number of aliphatic carboxylic acids is 1. The summed E-state index contributed by atoms with van der Waals surface area (Å²) >= 11 is 0. The van der Waals surface area contributed by atoms with Crippen LogP contribution in [0.5, 0.6) is 0 Å². The molecule has 9 nitrogen and oxygen atoms in total. The first-order valence-corrected chi connectivity index (χ1v) is 8.91.